The molecule has 1 aromatic heterocycles. The smallest absolute Gasteiger partial charge is 0.107 e. The summed E-state index contributed by atoms with van der Waals surface area (Å²) in [6.45, 7) is 5.63. The second-order valence-electron chi connectivity index (χ2n) is 4.33. The van der Waals surface area contributed by atoms with Gasteiger partial charge in [0.1, 0.15) is 5.01 Å². The lowest BCUT2D eigenvalue weighted by Gasteiger charge is -2.04. The molecule has 4 nitrogen and oxygen atoms in total. The first-order valence-corrected chi connectivity index (χ1v) is 6.80. The molecule has 0 bridgehead atoms. The van der Waals surface area contributed by atoms with E-state index in [4.69, 9.17) is 4.74 Å². The molecule has 0 spiro atoms. The molecular weight excluding hydrogens is 234 g/mol. The van der Waals surface area contributed by atoms with Crippen LogP contribution in [0.1, 0.15) is 28.9 Å². The van der Waals surface area contributed by atoms with Crippen LogP contribution in [0.15, 0.2) is 0 Å². The molecule has 1 aromatic rings. The second kappa shape index (κ2) is 7.76. The van der Waals surface area contributed by atoms with Gasteiger partial charge in [-0.2, -0.15) is 0 Å². The van der Waals surface area contributed by atoms with Crippen molar-refractivity contribution in [1.82, 2.24) is 15.2 Å². The minimum Gasteiger partial charge on any atom is -0.378 e. The third-order valence-electron chi connectivity index (χ3n) is 2.27. The fourth-order valence-corrected chi connectivity index (χ4v) is 2.70. The van der Waals surface area contributed by atoms with Crippen molar-refractivity contribution in [3.05, 3.63) is 15.6 Å². The van der Waals surface area contributed by atoms with Crippen molar-refractivity contribution >= 4 is 11.3 Å². The zero-order valence-electron chi connectivity index (χ0n) is 11.2. The number of rotatable bonds is 8. The topological polar surface area (TPSA) is 37.4 Å². The lowest BCUT2D eigenvalue weighted by atomic mass is 10.3. The maximum absolute atomic E-state index is 5.20. The van der Waals surface area contributed by atoms with Gasteiger partial charge in [0.15, 0.2) is 0 Å². The van der Waals surface area contributed by atoms with E-state index in [9.17, 15) is 0 Å². The molecule has 0 fully saturated rings. The van der Waals surface area contributed by atoms with Gasteiger partial charge in [-0.3, -0.25) is 0 Å². The van der Waals surface area contributed by atoms with Crippen molar-refractivity contribution in [2.75, 3.05) is 27.7 Å². The van der Waals surface area contributed by atoms with E-state index < -0.39 is 0 Å². The Hall–Kier alpha value is -0.490. The van der Waals surface area contributed by atoms with Crippen LogP contribution in [0.25, 0.3) is 0 Å². The van der Waals surface area contributed by atoms with Crippen LogP contribution >= 0.6 is 11.3 Å². The van der Waals surface area contributed by atoms with Crippen molar-refractivity contribution in [2.45, 2.75) is 33.0 Å². The Kier molecular flexibility index (Phi) is 6.65. The Labute approximate surface area is 108 Å². The standard InChI is InChI=1S/C12H23N3OS/c1-5-6-13-7-11-10(9-16-4)14-12(17-11)8-15(2)3/h13H,5-9H2,1-4H3. The maximum Gasteiger partial charge on any atom is 0.107 e. The minimum absolute atomic E-state index is 0.604. The van der Waals surface area contributed by atoms with Crippen LogP contribution in [-0.2, 0) is 24.4 Å². The monoisotopic (exact) mass is 257 g/mol. The number of hydrogen-bond donors (Lipinski definition) is 1. The van der Waals surface area contributed by atoms with E-state index >= 15 is 0 Å². The summed E-state index contributed by atoms with van der Waals surface area (Å²) in [6, 6.07) is 0. The predicted octanol–water partition coefficient (Wildman–Crippen LogP) is 1.85. The van der Waals surface area contributed by atoms with Crippen molar-refractivity contribution in [3.8, 4) is 0 Å². The van der Waals surface area contributed by atoms with Crippen molar-refractivity contribution in [3.63, 3.8) is 0 Å². The molecule has 0 aliphatic carbocycles. The molecule has 1 heterocycles. The van der Waals surface area contributed by atoms with Crippen LogP contribution in [0.3, 0.4) is 0 Å². The molecule has 0 aliphatic heterocycles. The summed E-state index contributed by atoms with van der Waals surface area (Å²) in [5, 5.41) is 4.58. The fourth-order valence-electron chi connectivity index (χ4n) is 1.54. The molecule has 1 N–H and O–H groups in total. The van der Waals surface area contributed by atoms with Gasteiger partial charge in [0.05, 0.1) is 12.3 Å². The van der Waals surface area contributed by atoms with Gasteiger partial charge in [0.2, 0.25) is 0 Å². The average molecular weight is 257 g/mol. The SMILES string of the molecule is CCCNCc1sc(CN(C)C)nc1COC. The highest BCUT2D eigenvalue weighted by Gasteiger charge is 2.11. The molecule has 0 atom stereocenters. The average Bonchev–Trinajstić information content (AvgIpc) is 2.61. The molecule has 5 heteroatoms. The fraction of sp³-hybridized carbons (Fsp3) is 0.750. The number of thiazole rings is 1. The minimum atomic E-state index is 0.604. The molecule has 0 amide bonds. The highest BCUT2D eigenvalue weighted by molar-refractivity contribution is 7.11. The lowest BCUT2D eigenvalue weighted by molar-refractivity contribution is 0.181. The number of methoxy groups -OCH3 is 1. The van der Waals surface area contributed by atoms with Crippen molar-refractivity contribution in [1.29, 1.82) is 0 Å². The normalized spacial score (nSPS) is 11.4. The van der Waals surface area contributed by atoms with Crippen LogP contribution in [0.2, 0.25) is 0 Å². The third kappa shape index (κ3) is 5.12. The van der Waals surface area contributed by atoms with Crippen LogP contribution in [0, 0.1) is 0 Å². The highest BCUT2D eigenvalue weighted by Crippen LogP contribution is 2.20. The summed E-state index contributed by atoms with van der Waals surface area (Å²) in [6.07, 6.45) is 1.16. The molecule has 0 unspecified atom stereocenters. The quantitative estimate of drug-likeness (QED) is 0.721. The molecular formula is C12H23N3OS. The molecule has 0 radical (unpaired) electrons. The van der Waals surface area contributed by atoms with E-state index in [1.807, 2.05) is 0 Å². The zero-order chi connectivity index (χ0) is 12.7. The van der Waals surface area contributed by atoms with Crippen molar-refractivity contribution in [2.24, 2.45) is 0 Å². The maximum atomic E-state index is 5.20. The van der Waals surface area contributed by atoms with Gasteiger partial charge < -0.3 is 15.0 Å². The molecule has 17 heavy (non-hydrogen) atoms. The first kappa shape index (κ1) is 14.6. The van der Waals surface area contributed by atoms with E-state index in [1.54, 1.807) is 18.4 Å². The lowest BCUT2D eigenvalue weighted by Crippen LogP contribution is -2.14. The predicted molar refractivity (Wildman–Crippen MR) is 72.2 cm³/mol. The third-order valence-corrected chi connectivity index (χ3v) is 3.35. The van der Waals surface area contributed by atoms with Gasteiger partial charge >= 0.3 is 0 Å². The molecule has 1 rings (SSSR count). The Morgan fingerprint density at radius 1 is 1.41 bits per heavy atom. The number of hydrogen-bond acceptors (Lipinski definition) is 5. The van der Waals surface area contributed by atoms with E-state index in [1.165, 1.54) is 4.88 Å². The molecule has 0 saturated carbocycles. The summed E-state index contributed by atoms with van der Waals surface area (Å²) in [4.78, 5) is 8.07. The summed E-state index contributed by atoms with van der Waals surface area (Å²) in [5.74, 6) is 0. The number of nitrogens with one attached hydrogen (secondary N) is 1. The van der Waals surface area contributed by atoms with Gasteiger partial charge in [-0.1, -0.05) is 6.92 Å². The Bertz CT molecular complexity index is 326. The van der Waals surface area contributed by atoms with E-state index in [0.29, 0.717) is 6.61 Å². The Morgan fingerprint density at radius 3 is 2.76 bits per heavy atom. The van der Waals surface area contributed by atoms with Gasteiger partial charge in [-0.05, 0) is 27.1 Å². The molecule has 0 aromatic carbocycles. The van der Waals surface area contributed by atoms with Crippen molar-refractivity contribution < 1.29 is 4.74 Å². The summed E-state index contributed by atoms with van der Waals surface area (Å²) < 4.78 is 5.20. The summed E-state index contributed by atoms with van der Waals surface area (Å²) in [5.41, 5.74) is 1.08. The van der Waals surface area contributed by atoms with Gasteiger partial charge in [0.25, 0.3) is 0 Å². The molecule has 98 valence electrons. The summed E-state index contributed by atoms with van der Waals surface area (Å²) >= 11 is 1.78. The summed E-state index contributed by atoms with van der Waals surface area (Å²) in [7, 11) is 5.84. The van der Waals surface area contributed by atoms with Crippen LogP contribution < -0.4 is 5.32 Å². The van der Waals surface area contributed by atoms with Crippen LogP contribution in [0.4, 0.5) is 0 Å². The van der Waals surface area contributed by atoms with Crippen LogP contribution in [0.5, 0.6) is 0 Å². The number of aromatic nitrogens is 1. The first-order valence-electron chi connectivity index (χ1n) is 5.99. The first-order chi connectivity index (χ1) is 8.17. The highest BCUT2D eigenvalue weighted by atomic mass is 32.1. The Morgan fingerprint density at radius 2 is 2.18 bits per heavy atom. The van der Waals surface area contributed by atoms with E-state index in [2.05, 4.69) is 36.2 Å². The van der Waals surface area contributed by atoms with Gasteiger partial charge in [-0.25, -0.2) is 4.98 Å². The Balaban J connectivity index is 2.66. The van der Waals surface area contributed by atoms with E-state index in [-0.39, 0.29) is 0 Å². The zero-order valence-corrected chi connectivity index (χ0v) is 12.1. The largest absolute Gasteiger partial charge is 0.378 e. The van der Waals surface area contributed by atoms with Gasteiger partial charge in [0, 0.05) is 25.1 Å². The van der Waals surface area contributed by atoms with Crippen LogP contribution in [-0.4, -0.2) is 37.6 Å². The molecule has 0 saturated heterocycles. The van der Waals surface area contributed by atoms with E-state index in [0.717, 1.165) is 36.8 Å². The van der Waals surface area contributed by atoms with Gasteiger partial charge in [-0.15, -0.1) is 11.3 Å². The number of nitrogens with zero attached hydrogens (tertiary/aromatic N) is 2. The number of ether oxygens (including phenoxy) is 1. The molecule has 0 aliphatic rings. The second-order valence-corrected chi connectivity index (χ2v) is 5.49.